The summed E-state index contributed by atoms with van der Waals surface area (Å²) < 4.78 is 2.11. The van der Waals surface area contributed by atoms with Crippen molar-refractivity contribution in [1.82, 2.24) is 0 Å². The molecule has 0 aliphatic carbocycles. The monoisotopic (exact) mass is 1330 g/mol. The van der Waals surface area contributed by atoms with Crippen LogP contribution < -0.4 is 5.73 Å². The van der Waals surface area contributed by atoms with Crippen LogP contribution in [0.25, 0.3) is 0 Å². The number of nitrogens with zero attached hydrogens (tertiary/aromatic N) is 10. The van der Waals surface area contributed by atoms with E-state index in [0.29, 0.717) is 0 Å². The Bertz CT molecular complexity index is 3690. The van der Waals surface area contributed by atoms with Crippen molar-refractivity contribution in [2.24, 2.45) is 51.1 Å². The minimum absolute atomic E-state index is 0.829. The molecule has 0 aliphatic rings. The highest BCUT2D eigenvalue weighted by Gasteiger charge is 2.00. The maximum absolute atomic E-state index is 5.43. The summed E-state index contributed by atoms with van der Waals surface area (Å²) in [7, 11) is 0. The average molecular weight is 1330 g/mol. The molecule has 11 aromatic carbocycles. The van der Waals surface area contributed by atoms with Gasteiger partial charge in [0.2, 0.25) is 0 Å². The third-order valence-corrected chi connectivity index (χ3v) is 15.2. The van der Waals surface area contributed by atoms with Crippen molar-refractivity contribution < 1.29 is 0 Å². The van der Waals surface area contributed by atoms with Gasteiger partial charge in [-0.05, 0) is 239 Å². The minimum Gasteiger partial charge on any atom is -0.399 e. The van der Waals surface area contributed by atoms with E-state index < -0.39 is 0 Å². The van der Waals surface area contributed by atoms with Gasteiger partial charge in [0.1, 0.15) is 0 Å². The second-order valence-corrected chi connectivity index (χ2v) is 23.6. The van der Waals surface area contributed by atoms with Gasteiger partial charge in [0.25, 0.3) is 0 Å². The molecule has 0 amide bonds. The number of benzene rings is 11. The van der Waals surface area contributed by atoms with Gasteiger partial charge in [0.15, 0.2) is 0 Å². The van der Waals surface area contributed by atoms with Crippen molar-refractivity contribution in [1.29, 1.82) is 0 Å². The standard InChI is InChI=1S/C15H16N2.2C14H13BrN2.2C14H14N2.C7H9N/c1-11-4-7-14(8-5-11)16-17-15-9-6-12(2)13(3)10-15;2*1-10-3-6-12(7-4-10)16-17-13-8-5-11(2)14(15)9-13;2*1-11-3-7-13(8-4-11)15-16-14-9-5-12(2)6-10-14;1-6-2-4-7(8)5-3-6/h4-10H,1-3H3;2*3-9H,1-2H3;2*3-10H,1-2H3;2-5H,8H2,1H3. The Hall–Kier alpha value is -9.82. The fourth-order valence-electron chi connectivity index (χ4n) is 7.50. The molecule has 0 bridgehead atoms. The molecular weight excluding hydrogens is 1250 g/mol. The molecule has 0 fully saturated rings. The largest absolute Gasteiger partial charge is 0.399 e. The number of azo groups is 5. The molecule has 0 spiro atoms. The van der Waals surface area contributed by atoms with E-state index >= 15 is 0 Å². The highest BCUT2D eigenvalue weighted by atomic mass is 79.9. The second-order valence-electron chi connectivity index (χ2n) is 21.9. The molecule has 91 heavy (non-hydrogen) atoms. The van der Waals surface area contributed by atoms with Gasteiger partial charge < -0.3 is 5.73 Å². The van der Waals surface area contributed by atoms with Crippen molar-refractivity contribution in [3.05, 3.63) is 324 Å². The van der Waals surface area contributed by atoms with Gasteiger partial charge in [-0.2, -0.15) is 51.1 Å². The molecule has 11 rings (SSSR count). The summed E-state index contributed by atoms with van der Waals surface area (Å²) in [6.07, 6.45) is 0. The third-order valence-electron chi connectivity index (χ3n) is 13.5. The molecule has 11 nitrogen and oxygen atoms in total. The minimum atomic E-state index is 0.829. The van der Waals surface area contributed by atoms with E-state index in [1.165, 1.54) is 66.8 Å². The van der Waals surface area contributed by atoms with Crippen LogP contribution in [0, 0.1) is 83.1 Å². The molecule has 13 heteroatoms. The van der Waals surface area contributed by atoms with Crippen molar-refractivity contribution in [3.63, 3.8) is 0 Å². The number of hydrogen-bond donors (Lipinski definition) is 1. The van der Waals surface area contributed by atoms with Crippen LogP contribution in [0.15, 0.2) is 309 Å². The maximum Gasteiger partial charge on any atom is 0.0868 e. The molecule has 0 radical (unpaired) electrons. The van der Waals surface area contributed by atoms with Gasteiger partial charge in [-0.1, -0.05) is 192 Å². The Labute approximate surface area is 555 Å². The number of halogens is 2. The Morgan fingerprint density at radius 2 is 0.352 bits per heavy atom. The highest BCUT2D eigenvalue weighted by molar-refractivity contribution is 9.10. The normalized spacial score (nSPS) is 10.8. The van der Waals surface area contributed by atoms with Crippen LogP contribution in [0.3, 0.4) is 0 Å². The van der Waals surface area contributed by atoms with E-state index in [4.69, 9.17) is 5.73 Å². The molecule has 0 aliphatic heterocycles. The van der Waals surface area contributed by atoms with Gasteiger partial charge in [0.05, 0.1) is 56.9 Å². The van der Waals surface area contributed by atoms with Crippen LogP contribution in [0.5, 0.6) is 0 Å². The molecule has 11 aromatic rings. The van der Waals surface area contributed by atoms with Gasteiger partial charge in [-0.15, -0.1) is 0 Å². The first-order valence-corrected chi connectivity index (χ1v) is 31.3. The van der Waals surface area contributed by atoms with Gasteiger partial charge >= 0.3 is 0 Å². The highest BCUT2D eigenvalue weighted by Crippen LogP contribution is 2.28. The zero-order valence-corrected chi connectivity index (χ0v) is 57.1. The zero-order chi connectivity index (χ0) is 65.5. The van der Waals surface area contributed by atoms with E-state index in [9.17, 15) is 0 Å². The Balaban J connectivity index is 0.000000175. The van der Waals surface area contributed by atoms with Crippen LogP contribution >= 0.6 is 31.9 Å². The molecule has 0 unspecified atom stereocenters. The van der Waals surface area contributed by atoms with Crippen LogP contribution in [0.1, 0.15) is 66.8 Å². The first-order chi connectivity index (χ1) is 43.7. The molecule has 0 atom stereocenters. The maximum atomic E-state index is 5.43. The van der Waals surface area contributed by atoms with Gasteiger partial charge in [-0.3, -0.25) is 0 Å². The van der Waals surface area contributed by atoms with E-state index in [1.54, 1.807) is 0 Å². The number of rotatable bonds is 10. The fourth-order valence-corrected chi connectivity index (χ4v) is 8.23. The second kappa shape index (κ2) is 37.2. The molecule has 2 N–H and O–H groups in total. The SMILES string of the molecule is Cc1ccc(N)cc1.Cc1ccc(N=Nc2ccc(C)c(Br)c2)cc1.Cc1ccc(N=Nc2ccc(C)c(Br)c2)cc1.Cc1ccc(N=Nc2ccc(C)c(C)c2)cc1.Cc1ccc(N=Nc2ccc(C)cc2)cc1.Cc1ccc(N=Nc2ccc(C)cc2)cc1. The van der Waals surface area contributed by atoms with E-state index in [-0.39, 0.29) is 0 Å². The molecular formula is C78H79Br2N11. The van der Waals surface area contributed by atoms with Crippen LogP contribution in [-0.4, -0.2) is 0 Å². The summed E-state index contributed by atoms with van der Waals surface area (Å²) in [6.45, 7) is 24.7. The summed E-state index contributed by atoms with van der Waals surface area (Å²) in [4.78, 5) is 0. The molecule has 0 saturated carbocycles. The van der Waals surface area contributed by atoms with Crippen molar-refractivity contribution in [2.45, 2.75) is 83.1 Å². The van der Waals surface area contributed by atoms with Gasteiger partial charge in [-0.25, -0.2) is 0 Å². The molecule has 0 heterocycles. The lowest BCUT2D eigenvalue weighted by atomic mass is 10.1. The van der Waals surface area contributed by atoms with Crippen molar-refractivity contribution in [2.75, 3.05) is 5.73 Å². The van der Waals surface area contributed by atoms with Crippen LogP contribution in [-0.2, 0) is 0 Å². The number of nitrogen functional groups attached to an aromatic ring is 1. The topological polar surface area (TPSA) is 150 Å². The van der Waals surface area contributed by atoms with Crippen molar-refractivity contribution >= 4 is 94.4 Å². The summed E-state index contributed by atoms with van der Waals surface area (Å²) in [6, 6.07) is 81.7. The quantitative estimate of drug-likeness (QED) is 0.105. The summed E-state index contributed by atoms with van der Waals surface area (Å²) >= 11 is 6.96. The first-order valence-electron chi connectivity index (χ1n) is 29.7. The van der Waals surface area contributed by atoms with Gasteiger partial charge in [0, 0.05) is 14.6 Å². The lowest BCUT2D eigenvalue weighted by Crippen LogP contribution is -1.81. The Morgan fingerprint density at radius 3 is 0.538 bits per heavy atom. The number of aryl methyl sites for hydroxylation is 12. The summed E-state index contributed by atoms with van der Waals surface area (Å²) in [5.41, 5.74) is 29.8. The zero-order valence-electron chi connectivity index (χ0n) is 54.0. The number of hydrogen-bond acceptors (Lipinski definition) is 11. The third kappa shape index (κ3) is 27.2. The van der Waals surface area contributed by atoms with E-state index in [0.717, 1.165) is 71.5 Å². The lowest BCUT2D eigenvalue weighted by Gasteiger charge is -1.99. The summed E-state index contributed by atoms with van der Waals surface area (Å²) in [5, 5.41) is 41.9. The molecule has 0 saturated heterocycles. The first kappa shape index (κ1) is 70.3. The van der Waals surface area contributed by atoms with Crippen molar-refractivity contribution in [3.8, 4) is 0 Å². The smallest absolute Gasteiger partial charge is 0.0868 e. The Kier molecular flexibility index (Phi) is 28.8. The van der Waals surface area contributed by atoms with E-state index in [1.807, 2.05) is 263 Å². The number of nitrogens with two attached hydrogens (primary N) is 1. The average Bonchev–Trinajstić information content (AvgIpc) is 3.48. The summed E-state index contributed by atoms with van der Waals surface area (Å²) in [5.74, 6) is 0. The van der Waals surface area contributed by atoms with E-state index in [2.05, 4.69) is 151 Å². The van der Waals surface area contributed by atoms with Crippen LogP contribution in [0.2, 0.25) is 0 Å². The molecule has 0 aromatic heterocycles. The lowest BCUT2D eigenvalue weighted by molar-refractivity contribution is 1.21. The fraction of sp³-hybridized carbons (Fsp3) is 0.154. The van der Waals surface area contributed by atoms with Crippen LogP contribution in [0.4, 0.5) is 62.6 Å². The predicted molar refractivity (Wildman–Crippen MR) is 388 cm³/mol. The predicted octanol–water partition coefficient (Wildman–Crippen LogP) is 27.0. The molecule has 460 valence electrons. The Morgan fingerprint density at radius 1 is 0.187 bits per heavy atom. The number of anilines is 1.